The van der Waals surface area contributed by atoms with Crippen molar-refractivity contribution in [3.05, 3.63) is 120 Å². The lowest BCUT2D eigenvalue weighted by atomic mass is 9.97. The molecule has 0 bridgehead atoms. The van der Waals surface area contributed by atoms with E-state index in [1.807, 2.05) is 6.92 Å². The van der Waals surface area contributed by atoms with Crippen LogP contribution >= 0.6 is 11.8 Å². The van der Waals surface area contributed by atoms with Crippen LogP contribution in [0.1, 0.15) is 145 Å². The third kappa shape index (κ3) is 28.6. The molecule has 3 aromatic carbocycles. The summed E-state index contributed by atoms with van der Waals surface area (Å²) in [7, 11) is 4.32. The highest BCUT2D eigenvalue weighted by Gasteiger charge is 2.48. The lowest BCUT2D eigenvalue weighted by Crippen LogP contribution is -2.62. The molecule has 0 saturated carbocycles. The molecule has 0 spiro atoms. The Hall–Kier alpha value is -14.1. The van der Waals surface area contributed by atoms with E-state index in [1.54, 1.807) is 79.5 Å². The van der Waals surface area contributed by atoms with E-state index in [4.69, 9.17) is 5.73 Å². The number of para-hydroxylation sites is 2. The van der Waals surface area contributed by atoms with Crippen molar-refractivity contribution in [2.75, 3.05) is 58.4 Å². The lowest BCUT2D eigenvalue weighted by Gasteiger charge is -2.38. The van der Waals surface area contributed by atoms with E-state index in [1.165, 1.54) is 50.9 Å². The molecule has 0 unspecified atom stereocenters. The van der Waals surface area contributed by atoms with Gasteiger partial charge in [-0.3, -0.25) is 91.1 Å². The fourth-order valence-corrected chi connectivity index (χ4v) is 18.5. The smallest absolute Gasteiger partial charge is 0.305 e. The molecule has 4 fully saturated rings. The number of aromatic hydroxyl groups is 1. The number of carboxylic acids is 3. The van der Waals surface area contributed by atoms with Crippen LogP contribution < -0.4 is 58.9 Å². The summed E-state index contributed by atoms with van der Waals surface area (Å²) < 4.78 is 1.77. The largest absolute Gasteiger partial charge is 0.508 e. The summed E-state index contributed by atoms with van der Waals surface area (Å²) >= 11 is 0.704. The Morgan fingerprint density at radius 3 is 1.69 bits per heavy atom. The predicted molar refractivity (Wildman–Crippen MR) is 495 cm³/mol. The molecule has 45 nitrogen and oxygen atoms in total. The summed E-state index contributed by atoms with van der Waals surface area (Å²) in [5, 5.41) is 90.3. The first-order chi connectivity index (χ1) is 65.9. The number of rotatable bonds is 26. The zero-order chi connectivity index (χ0) is 100. The zero-order valence-corrected chi connectivity index (χ0v) is 78.1. The number of carbonyl (C=O) groups is 19. The monoisotopic (exact) mass is 1940 g/mol. The van der Waals surface area contributed by atoms with Crippen LogP contribution in [-0.2, 0) is 124 Å². The molecule has 4 aliphatic heterocycles. The first-order valence-corrected chi connectivity index (χ1v) is 47.1. The molecule has 746 valence electrons. The molecule has 10 rings (SSSR count). The second-order valence-corrected chi connectivity index (χ2v) is 36.0. The number of imidazole rings is 1. The van der Waals surface area contributed by atoms with E-state index < -0.39 is 279 Å². The summed E-state index contributed by atoms with van der Waals surface area (Å²) in [5.41, 5.74) is 8.18. The maximum absolute atomic E-state index is 15.8. The first kappa shape index (κ1) is 106. The normalized spacial score (nSPS) is 24.9. The maximum atomic E-state index is 15.8. The number of H-pyrrole nitrogens is 2. The van der Waals surface area contributed by atoms with Gasteiger partial charge in [-0.2, -0.15) is 0 Å². The highest BCUT2D eigenvalue weighted by atomic mass is 32.2. The van der Waals surface area contributed by atoms with Crippen molar-refractivity contribution in [2.24, 2.45) is 12.8 Å². The van der Waals surface area contributed by atoms with Crippen molar-refractivity contribution < 1.29 is 122 Å². The molecule has 138 heavy (non-hydrogen) atoms. The van der Waals surface area contributed by atoms with Gasteiger partial charge in [0.1, 0.15) is 90.3 Å². The van der Waals surface area contributed by atoms with E-state index in [9.17, 15) is 73.8 Å². The number of amides is 16. The highest BCUT2D eigenvalue weighted by molar-refractivity contribution is 8.00. The summed E-state index contributed by atoms with van der Waals surface area (Å²) in [4.78, 5) is 291. The molecule has 20 N–H and O–H groups in total. The van der Waals surface area contributed by atoms with Gasteiger partial charge < -0.3 is 129 Å². The number of phenols is 1. The molecule has 4 aliphatic rings. The minimum atomic E-state index is -1.96. The number of benzene rings is 3. The minimum absolute atomic E-state index is 0.0659. The lowest BCUT2D eigenvalue weighted by molar-refractivity contribution is -0.149. The number of aryl methyl sites for hydroxylation is 1. The average Bonchev–Trinajstić information content (AvgIpc) is 1.63. The summed E-state index contributed by atoms with van der Waals surface area (Å²) in [5.74, 6) is -22.3. The fraction of sp³-hybridized carbons (Fsp3) is 0.522. The van der Waals surface area contributed by atoms with Crippen molar-refractivity contribution in [3.63, 3.8) is 0 Å². The zero-order valence-electron chi connectivity index (χ0n) is 77.3. The van der Waals surface area contributed by atoms with Gasteiger partial charge in [-0.15, -0.1) is 11.8 Å². The molecule has 3 aromatic heterocycles. The van der Waals surface area contributed by atoms with Gasteiger partial charge in [0.2, 0.25) is 94.5 Å². The van der Waals surface area contributed by atoms with Crippen LogP contribution in [0.5, 0.6) is 5.75 Å². The van der Waals surface area contributed by atoms with Crippen LogP contribution in [0, 0.1) is 0 Å². The topological polar surface area (TPSA) is 658 Å². The van der Waals surface area contributed by atoms with Crippen LogP contribution in [0.4, 0.5) is 0 Å². The van der Waals surface area contributed by atoms with E-state index in [-0.39, 0.29) is 88.7 Å². The third-order valence-electron chi connectivity index (χ3n) is 25.0. The Balaban J connectivity index is 1.03. The van der Waals surface area contributed by atoms with Gasteiger partial charge in [0.25, 0.3) is 0 Å². The number of piperidine rings is 1. The third-order valence-corrected chi connectivity index (χ3v) is 26.0. The Labute approximate surface area is 797 Å². The summed E-state index contributed by atoms with van der Waals surface area (Å²) in [6.07, 6.45) is 0.154. The number of nitrogens with one attached hydrogen (secondary N) is 12. The number of likely N-dealkylation sites (N-methyl/N-ethyl adjacent to an activating group) is 2. The van der Waals surface area contributed by atoms with Gasteiger partial charge in [-0.25, -0.2) is 4.98 Å². The van der Waals surface area contributed by atoms with Crippen LogP contribution in [0.2, 0.25) is 0 Å². The molecule has 0 radical (unpaired) electrons. The number of nitrogens with zero attached hydrogens (tertiary/aromatic N) is 7. The van der Waals surface area contributed by atoms with Crippen molar-refractivity contribution in [2.45, 2.75) is 239 Å². The summed E-state index contributed by atoms with van der Waals surface area (Å²) in [6, 6.07) is -4.16. The molecule has 0 aliphatic carbocycles. The quantitative estimate of drug-likeness (QED) is 0.0270. The fourth-order valence-electron chi connectivity index (χ4n) is 17.7. The summed E-state index contributed by atoms with van der Waals surface area (Å²) in [6.45, 7) is 0.682. The molecule has 4 saturated heterocycles. The van der Waals surface area contributed by atoms with E-state index >= 15 is 47.9 Å². The van der Waals surface area contributed by atoms with Gasteiger partial charge in [-0.05, 0) is 98.7 Å². The molecular formula is C92H122N20O25S. The number of primary amides is 1. The molecular weight excluding hydrogens is 1820 g/mol. The standard InChI is InChI=1S/C92H122N20O25S/c1-6-8-20-69-84(129)99-59(29-31-76(118)119)80(125)106-67(79(124)96-43-74(93)116)47-138-48-75(117)98-63(35-50-25-27-54(114)28-26-50)90(135)110-33-15-14-23-70(110)86(131)104-65(40-78(122)123)91(136)111-34-16-24-71(111)85(130)102-62(38-53-42-94-49-97-53)82(127)100-60(30-32-77(120)121)89(134)112-45-55(115)39-73(112)87(132)101-61(36-51-41-95-58-19-12-10-17-56(51)58)81(126)105-66(46-113)83(128)103-64(37-52-44-107(3)68-22-13-11-18-57(52)68)88(133)109(5)72(21-9-7-2)92(137)108(69)4/h10-13,17-19,22,25-28,41-42,44,49,55,59-67,69-73,95,113-115H,6-9,14-16,20-21,23-24,29-40,43,45-48H2,1-5H3,(H2,93,116)(H,94,97)(H,96,124)(H,98,117)(H,99,129)(H,100,127)(H,101,132)(H,102,130)(H,103,128)(H,104,131)(H,105,126)(H,106,125)(H,118,119)(H,120,121)(H,122,123)/t55-,59+,60+,61+,62+,63+,64+,65+,66+,67+,69+,70+,71+,72+,73+/m1/s1. The minimum Gasteiger partial charge on any atom is -0.508 e. The second kappa shape index (κ2) is 50.1. The number of fused-ring (bicyclic) bond motifs is 5. The van der Waals surface area contributed by atoms with E-state index in [0.717, 1.165) is 24.5 Å². The Morgan fingerprint density at radius 2 is 1.05 bits per heavy atom. The number of hydrogen-bond acceptors (Lipinski definition) is 24. The first-order valence-electron chi connectivity index (χ1n) is 46.0. The number of aromatic amines is 2. The van der Waals surface area contributed by atoms with Crippen LogP contribution in [0.3, 0.4) is 0 Å². The number of phenolic OH excluding ortho intramolecular Hbond substituents is 1. The van der Waals surface area contributed by atoms with E-state index in [2.05, 4.69) is 68.1 Å². The van der Waals surface area contributed by atoms with Gasteiger partial charge in [-0.1, -0.05) is 88.1 Å². The molecule has 46 heteroatoms. The molecule has 7 heterocycles. The number of carboxylic acid groups (broad SMARTS) is 3. The highest BCUT2D eigenvalue weighted by Crippen LogP contribution is 2.30. The number of hydrogen-bond donors (Lipinski definition) is 19. The van der Waals surface area contributed by atoms with Crippen LogP contribution in [0.15, 0.2) is 97.7 Å². The van der Waals surface area contributed by atoms with Crippen molar-refractivity contribution in [3.8, 4) is 5.75 Å². The number of thioether (sulfide) groups is 1. The molecule has 6 aromatic rings. The predicted octanol–water partition coefficient (Wildman–Crippen LogP) is -2.36. The van der Waals surface area contributed by atoms with Crippen LogP contribution in [-0.4, -0.2) is 336 Å². The Morgan fingerprint density at radius 1 is 0.514 bits per heavy atom. The molecule has 16 amide bonds. The Kier molecular flexibility index (Phi) is 38.5. The van der Waals surface area contributed by atoms with Gasteiger partial charge in [0.05, 0.1) is 37.8 Å². The molecule has 15 atom stereocenters. The Bertz CT molecular complexity index is 5420. The number of aromatic nitrogens is 4. The van der Waals surface area contributed by atoms with Crippen molar-refractivity contribution in [1.82, 2.24) is 97.2 Å². The van der Waals surface area contributed by atoms with Crippen molar-refractivity contribution in [1.29, 1.82) is 0 Å². The van der Waals surface area contributed by atoms with Crippen molar-refractivity contribution >= 4 is 146 Å². The van der Waals surface area contributed by atoms with Gasteiger partial charge in [0.15, 0.2) is 0 Å². The van der Waals surface area contributed by atoms with E-state index in [0.29, 0.717) is 75.9 Å². The van der Waals surface area contributed by atoms with Crippen LogP contribution in [0.25, 0.3) is 21.8 Å². The number of nitrogens with two attached hydrogens (primary N) is 1. The van der Waals surface area contributed by atoms with Gasteiger partial charge >= 0.3 is 17.9 Å². The van der Waals surface area contributed by atoms with Gasteiger partial charge in [0, 0.05) is 138 Å². The SMILES string of the molecule is CCCC[C@H]1C(=O)N(C)[C@@H](CCCC)C(=O)N[C@@H](CCC(=O)O)C(=O)N[C@H](C(=O)NCC(N)=O)CSCC(=O)N[C@@H](Cc2ccc(O)cc2)C(=O)N2CCCC[C@H]2C(=O)N[C@@H](CC(=O)O)C(=O)N2CCC[C@H]2C(=O)N[C@@H](Cc2cnc[nH]2)C(=O)N[C@@H](CCC(=O)O)C(=O)N2C[C@H](O)C[C@H]2C(=O)N[C@@H](Cc2c[nH]c3ccccc23)C(=O)N[C@@H](CO)C(=O)N[C@@H](Cc2cn(C)c3ccccc23)C(=O)N1C. The number of aliphatic hydroxyl groups excluding tert-OH is 2. The maximum Gasteiger partial charge on any atom is 0.305 e. The number of aliphatic hydroxyl groups is 2. The number of carbonyl (C=O) groups excluding carboxylic acids is 16. The average molecular weight is 1940 g/mol. The number of unbranched alkanes of at least 4 members (excludes halogenated alkanes) is 2. The second-order valence-electron chi connectivity index (χ2n) is 35.0. The number of aliphatic carboxylic acids is 3.